The zero-order valence-electron chi connectivity index (χ0n) is 15.5. The highest BCUT2D eigenvalue weighted by molar-refractivity contribution is 7.17. The average molecular weight is 430 g/mol. The lowest BCUT2D eigenvalue weighted by Gasteiger charge is -2.12. The van der Waals surface area contributed by atoms with Gasteiger partial charge in [-0.05, 0) is 37.5 Å². The van der Waals surface area contributed by atoms with Crippen molar-refractivity contribution in [2.24, 2.45) is 11.0 Å². The molecule has 0 bridgehead atoms. The molecule has 1 aromatic carbocycles. The van der Waals surface area contributed by atoms with Gasteiger partial charge in [-0.15, -0.1) is 0 Å². The van der Waals surface area contributed by atoms with Crippen LogP contribution in [0.1, 0.15) is 41.7 Å². The molecular weight excluding hydrogens is 409 g/mol. The second-order valence-electron chi connectivity index (χ2n) is 6.04. The van der Waals surface area contributed by atoms with E-state index < -0.39 is 0 Å². The van der Waals surface area contributed by atoms with Crippen LogP contribution in [0.15, 0.2) is 17.2 Å². The van der Waals surface area contributed by atoms with E-state index in [0.29, 0.717) is 56.2 Å². The Balaban J connectivity index is 2.06. The number of ether oxygens (including phenoxy) is 2. The van der Waals surface area contributed by atoms with Gasteiger partial charge in [0.1, 0.15) is 4.88 Å². The van der Waals surface area contributed by atoms with E-state index in [1.165, 1.54) is 11.3 Å². The summed E-state index contributed by atoms with van der Waals surface area (Å²) < 4.78 is 10.6. The van der Waals surface area contributed by atoms with Gasteiger partial charge in [-0.1, -0.05) is 48.4 Å². The molecule has 0 saturated carbocycles. The van der Waals surface area contributed by atoms with E-state index in [1.54, 1.807) is 32.2 Å². The summed E-state index contributed by atoms with van der Waals surface area (Å²) in [6.45, 7) is 8.43. The summed E-state index contributed by atoms with van der Waals surface area (Å²) in [6, 6.07) is 3.43. The molecule has 146 valence electrons. The molecule has 0 saturated heterocycles. The lowest BCUT2D eigenvalue weighted by atomic mass is 10.2. The Bertz CT molecular complexity index is 814. The second kappa shape index (κ2) is 9.92. The number of hydrogen-bond donors (Lipinski definition) is 1. The molecule has 1 N–H and O–H groups in total. The number of benzene rings is 1. The van der Waals surface area contributed by atoms with E-state index in [2.05, 4.69) is 15.5 Å². The number of halogens is 2. The molecule has 0 aliphatic heterocycles. The SMILES string of the molecule is CCOC(=O)c1sc(N/N=C\c2cc(Cl)c(OCC(C)C)c(Cl)c2)nc1C. The van der Waals surface area contributed by atoms with Gasteiger partial charge in [0, 0.05) is 0 Å². The molecule has 0 amide bonds. The van der Waals surface area contributed by atoms with E-state index in [9.17, 15) is 4.79 Å². The van der Waals surface area contributed by atoms with Crippen LogP contribution in [0.5, 0.6) is 5.75 Å². The van der Waals surface area contributed by atoms with Crippen molar-refractivity contribution in [3.05, 3.63) is 38.3 Å². The van der Waals surface area contributed by atoms with Crippen molar-refractivity contribution < 1.29 is 14.3 Å². The van der Waals surface area contributed by atoms with Crippen molar-refractivity contribution >= 4 is 51.9 Å². The first-order valence-corrected chi connectivity index (χ1v) is 9.94. The number of hydrazone groups is 1. The predicted octanol–water partition coefficient (Wildman–Crippen LogP) is 5.42. The van der Waals surface area contributed by atoms with E-state index in [0.717, 1.165) is 0 Å². The van der Waals surface area contributed by atoms with Gasteiger partial charge in [-0.2, -0.15) is 5.10 Å². The third kappa shape index (κ3) is 6.09. The van der Waals surface area contributed by atoms with Crippen LogP contribution in [-0.2, 0) is 4.74 Å². The Labute approximate surface area is 172 Å². The molecule has 0 radical (unpaired) electrons. The lowest BCUT2D eigenvalue weighted by molar-refractivity contribution is 0.0531. The summed E-state index contributed by atoms with van der Waals surface area (Å²) in [5.74, 6) is 0.440. The van der Waals surface area contributed by atoms with Crippen molar-refractivity contribution in [3.63, 3.8) is 0 Å². The Morgan fingerprint density at radius 3 is 2.63 bits per heavy atom. The van der Waals surface area contributed by atoms with Crippen LogP contribution in [0.4, 0.5) is 5.13 Å². The third-order valence-electron chi connectivity index (χ3n) is 3.21. The Morgan fingerprint density at radius 2 is 2.04 bits per heavy atom. The number of rotatable bonds is 8. The smallest absolute Gasteiger partial charge is 0.350 e. The summed E-state index contributed by atoms with van der Waals surface area (Å²) in [5.41, 5.74) is 4.09. The quantitative estimate of drug-likeness (QED) is 0.344. The first kappa shape index (κ1) is 21.5. The standard InChI is InChI=1S/C18H21Cl2N3O3S/c1-5-25-17(24)16-11(4)22-18(27-16)23-21-8-12-6-13(19)15(14(20)7-12)26-9-10(2)3/h6-8,10H,5,9H2,1-4H3,(H,22,23)/b21-8-. The van der Waals surface area contributed by atoms with Gasteiger partial charge in [0.25, 0.3) is 0 Å². The Kier molecular flexibility index (Phi) is 7.89. The maximum atomic E-state index is 11.8. The largest absolute Gasteiger partial charge is 0.490 e. The highest BCUT2D eigenvalue weighted by Gasteiger charge is 2.16. The molecule has 27 heavy (non-hydrogen) atoms. The summed E-state index contributed by atoms with van der Waals surface area (Å²) in [6.07, 6.45) is 1.56. The van der Waals surface area contributed by atoms with Crippen LogP contribution >= 0.6 is 34.5 Å². The summed E-state index contributed by atoms with van der Waals surface area (Å²) in [5, 5.41) is 5.44. The highest BCUT2D eigenvalue weighted by atomic mass is 35.5. The molecule has 0 aliphatic rings. The molecule has 9 heteroatoms. The minimum Gasteiger partial charge on any atom is -0.490 e. The van der Waals surface area contributed by atoms with Crippen molar-refractivity contribution in [3.8, 4) is 5.75 Å². The van der Waals surface area contributed by atoms with Gasteiger partial charge < -0.3 is 9.47 Å². The third-order valence-corrected chi connectivity index (χ3v) is 4.82. The number of carbonyl (C=O) groups is 1. The number of anilines is 1. The topological polar surface area (TPSA) is 72.8 Å². The molecule has 2 rings (SSSR count). The van der Waals surface area contributed by atoms with Crippen molar-refractivity contribution in [2.45, 2.75) is 27.7 Å². The first-order valence-electron chi connectivity index (χ1n) is 8.37. The number of aryl methyl sites for hydroxylation is 1. The molecule has 0 fully saturated rings. The minimum atomic E-state index is -0.389. The monoisotopic (exact) mass is 429 g/mol. The van der Waals surface area contributed by atoms with E-state index in [-0.39, 0.29) is 5.97 Å². The lowest BCUT2D eigenvalue weighted by Crippen LogP contribution is -2.05. The van der Waals surface area contributed by atoms with Crippen molar-refractivity contribution in [1.29, 1.82) is 0 Å². The zero-order valence-corrected chi connectivity index (χ0v) is 17.8. The fourth-order valence-electron chi connectivity index (χ4n) is 2.03. The van der Waals surface area contributed by atoms with Gasteiger partial charge in [-0.25, -0.2) is 9.78 Å². The summed E-state index contributed by atoms with van der Waals surface area (Å²) in [7, 11) is 0. The number of esters is 1. The normalized spacial score (nSPS) is 11.2. The van der Waals surface area contributed by atoms with Crippen LogP contribution in [0.25, 0.3) is 0 Å². The molecule has 1 heterocycles. The van der Waals surface area contributed by atoms with E-state index >= 15 is 0 Å². The number of thiazole rings is 1. The maximum Gasteiger partial charge on any atom is 0.350 e. The van der Waals surface area contributed by atoms with E-state index in [1.807, 2.05) is 13.8 Å². The van der Waals surface area contributed by atoms with Crippen LogP contribution in [0, 0.1) is 12.8 Å². The molecule has 0 unspecified atom stereocenters. The molecule has 0 spiro atoms. The van der Waals surface area contributed by atoms with Gasteiger partial charge in [0.05, 0.1) is 35.2 Å². The number of aromatic nitrogens is 1. The number of nitrogens with one attached hydrogen (secondary N) is 1. The second-order valence-corrected chi connectivity index (χ2v) is 7.86. The van der Waals surface area contributed by atoms with Gasteiger partial charge in [-0.3, -0.25) is 5.43 Å². The zero-order chi connectivity index (χ0) is 20.0. The van der Waals surface area contributed by atoms with Crippen LogP contribution in [-0.4, -0.2) is 30.4 Å². The number of carbonyl (C=O) groups excluding carboxylic acids is 1. The molecule has 0 aliphatic carbocycles. The Hall–Kier alpha value is -1.83. The number of hydrogen-bond acceptors (Lipinski definition) is 7. The van der Waals surface area contributed by atoms with Gasteiger partial charge in [0.15, 0.2) is 5.75 Å². The van der Waals surface area contributed by atoms with Gasteiger partial charge in [0.2, 0.25) is 5.13 Å². The van der Waals surface area contributed by atoms with Crippen LogP contribution in [0.3, 0.4) is 0 Å². The maximum absolute atomic E-state index is 11.8. The molecule has 0 atom stereocenters. The molecule has 2 aromatic rings. The van der Waals surface area contributed by atoms with Crippen LogP contribution < -0.4 is 10.2 Å². The highest BCUT2D eigenvalue weighted by Crippen LogP contribution is 2.34. The van der Waals surface area contributed by atoms with Crippen LogP contribution in [0.2, 0.25) is 10.0 Å². The Morgan fingerprint density at radius 1 is 1.37 bits per heavy atom. The average Bonchev–Trinajstić information content (AvgIpc) is 2.95. The van der Waals surface area contributed by atoms with Crippen molar-refractivity contribution in [1.82, 2.24) is 4.98 Å². The molecular formula is C18H21Cl2N3O3S. The summed E-state index contributed by atoms with van der Waals surface area (Å²) in [4.78, 5) is 16.5. The minimum absolute atomic E-state index is 0.315. The first-order chi connectivity index (χ1) is 12.8. The van der Waals surface area contributed by atoms with Crippen molar-refractivity contribution in [2.75, 3.05) is 18.6 Å². The molecule has 6 nitrogen and oxygen atoms in total. The fraction of sp³-hybridized carbons (Fsp3) is 0.389. The fourth-order valence-corrected chi connectivity index (χ4v) is 3.46. The molecule has 1 aromatic heterocycles. The van der Waals surface area contributed by atoms with E-state index in [4.69, 9.17) is 32.7 Å². The number of nitrogens with zero attached hydrogens (tertiary/aromatic N) is 2. The summed E-state index contributed by atoms with van der Waals surface area (Å²) >= 11 is 13.7. The predicted molar refractivity (Wildman–Crippen MR) is 111 cm³/mol. The van der Waals surface area contributed by atoms with Gasteiger partial charge >= 0.3 is 5.97 Å².